The second-order valence-electron chi connectivity index (χ2n) is 8.80. The number of nitro groups is 1. The van der Waals surface area contributed by atoms with Gasteiger partial charge in [0, 0.05) is 24.1 Å². The molecule has 43 heavy (non-hydrogen) atoms. The second kappa shape index (κ2) is 14.6. The summed E-state index contributed by atoms with van der Waals surface area (Å²) in [6.07, 6.45) is 1.90. The fourth-order valence-electron chi connectivity index (χ4n) is 3.85. The highest BCUT2D eigenvalue weighted by molar-refractivity contribution is 8.00. The zero-order valence-electron chi connectivity index (χ0n) is 22.5. The third-order valence-corrected chi connectivity index (χ3v) is 8.68. The first kappa shape index (κ1) is 32.1. The topological polar surface area (TPSA) is 144 Å². The average molecular weight is 669 g/mol. The number of benzene rings is 3. The molecule has 5 rings (SSSR count). The molecule has 1 aliphatic heterocycles. The number of ether oxygens (including phenoxy) is 2. The highest BCUT2D eigenvalue weighted by Crippen LogP contribution is 2.39. The molecule has 16 heteroatoms. The number of methoxy groups -OCH3 is 1. The van der Waals surface area contributed by atoms with E-state index in [1.54, 1.807) is 33.6 Å². The van der Waals surface area contributed by atoms with Gasteiger partial charge in [0.15, 0.2) is 0 Å². The minimum atomic E-state index is -0.590. The quantitative estimate of drug-likeness (QED) is 0.0782. The maximum atomic E-state index is 14.3. The number of aromatic nitrogens is 2. The summed E-state index contributed by atoms with van der Waals surface area (Å²) in [5.41, 5.74) is 5.33. The fraction of sp³-hybridized carbons (Fsp3) is 0.222. The number of rotatable bonds is 7. The van der Waals surface area contributed by atoms with Crippen LogP contribution in [-0.2, 0) is 22.6 Å². The largest absolute Gasteiger partial charge is 0.468 e. The van der Waals surface area contributed by atoms with Crippen molar-refractivity contribution in [3.8, 4) is 11.5 Å². The maximum Gasteiger partial charge on any atom is 0.325 e. The predicted octanol–water partition coefficient (Wildman–Crippen LogP) is 6.42. The van der Waals surface area contributed by atoms with Crippen LogP contribution in [-0.4, -0.2) is 33.1 Å². The van der Waals surface area contributed by atoms with E-state index in [0.29, 0.717) is 28.5 Å². The monoisotopic (exact) mass is 667 g/mol. The van der Waals surface area contributed by atoms with E-state index in [4.69, 9.17) is 33.7 Å². The Labute approximate surface area is 262 Å². The molecule has 0 spiro atoms. The van der Waals surface area contributed by atoms with Crippen LogP contribution < -0.4 is 20.1 Å². The van der Waals surface area contributed by atoms with E-state index in [2.05, 4.69) is 9.73 Å². The summed E-state index contributed by atoms with van der Waals surface area (Å²) in [6, 6.07) is 14.3. The van der Waals surface area contributed by atoms with Gasteiger partial charge in [0.25, 0.3) is 5.69 Å². The molecule has 0 saturated carbocycles. The van der Waals surface area contributed by atoms with E-state index in [-0.39, 0.29) is 43.5 Å². The molecular weight excluding hydrogens is 644 g/mol. The van der Waals surface area contributed by atoms with Crippen LogP contribution in [0.4, 0.5) is 21.5 Å². The lowest BCUT2D eigenvalue weighted by molar-refractivity contribution is -0.383. The van der Waals surface area contributed by atoms with E-state index >= 15 is 0 Å². The van der Waals surface area contributed by atoms with Crippen molar-refractivity contribution in [2.45, 2.75) is 30.8 Å². The number of halogens is 3. The van der Waals surface area contributed by atoms with Gasteiger partial charge in [-0.15, -0.1) is 11.8 Å². The molecule has 11 nitrogen and oxygen atoms in total. The Balaban J connectivity index is 0.000000208. The van der Waals surface area contributed by atoms with Gasteiger partial charge in [-0.05, 0) is 54.5 Å². The lowest BCUT2D eigenvalue weighted by Crippen LogP contribution is -2.31. The van der Waals surface area contributed by atoms with Gasteiger partial charge < -0.3 is 15.2 Å². The van der Waals surface area contributed by atoms with Crippen molar-refractivity contribution >= 4 is 69.3 Å². The van der Waals surface area contributed by atoms with Gasteiger partial charge in [0.2, 0.25) is 4.80 Å². The van der Waals surface area contributed by atoms with Gasteiger partial charge in [-0.3, -0.25) is 24.4 Å². The number of carbonyl (C=O) groups excluding carboxylic acids is 1. The molecule has 0 aliphatic carbocycles. The number of thioether (sulfide) groups is 1. The second-order valence-corrected chi connectivity index (χ2v) is 11.5. The Morgan fingerprint density at radius 3 is 2.53 bits per heavy atom. The normalized spacial score (nSPS) is 12.6. The Kier molecular flexibility index (Phi) is 10.9. The number of esters is 1. The number of carbonyl (C=O) groups is 1. The molecule has 2 N–H and O–H groups in total. The summed E-state index contributed by atoms with van der Waals surface area (Å²) >= 11 is 14.1. The first-order chi connectivity index (χ1) is 20.6. The molecule has 0 radical (unpaired) electrons. The minimum absolute atomic E-state index is 0.0352. The molecule has 0 saturated heterocycles. The highest BCUT2D eigenvalue weighted by atomic mass is 35.5. The Bertz CT molecular complexity index is 1780. The van der Waals surface area contributed by atoms with Crippen LogP contribution >= 0.6 is 46.3 Å². The van der Waals surface area contributed by atoms with Crippen LogP contribution in [0.5, 0.6) is 11.5 Å². The first-order valence-electron chi connectivity index (χ1n) is 12.6. The van der Waals surface area contributed by atoms with Gasteiger partial charge in [-0.2, -0.15) is 0 Å². The van der Waals surface area contributed by atoms with E-state index in [0.717, 1.165) is 42.0 Å². The standard InChI is InChI=1S/C15H15ClFN3O3S2.C12H9ClN2O3/c1-23-13(21)8-24-12-7-11(10(17)6-9(12)16)18-14-19-4-2-3-5-20(19)15(22)25-14;13-11-10(18-8-4-2-1-3-5-8)7-6-9(12(11)14)15(16)17/h6-7H,2-5,8H2,1H3;1-7H,14H2/b18-14-;. The predicted molar refractivity (Wildman–Crippen MR) is 164 cm³/mol. The Morgan fingerprint density at radius 1 is 1.16 bits per heavy atom. The highest BCUT2D eigenvalue weighted by Gasteiger charge is 2.18. The van der Waals surface area contributed by atoms with Crippen molar-refractivity contribution < 1.29 is 23.6 Å². The van der Waals surface area contributed by atoms with Gasteiger partial charge in [-0.1, -0.05) is 41.4 Å². The summed E-state index contributed by atoms with van der Waals surface area (Å²) < 4.78 is 27.7. The lowest BCUT2D eigenvalue weighted by atomic mass is 10.2. The number of nitrogen functional groups attached to an aromatic ring is 1. The lowest BCUT2D eigenvalue weighted by Gasteiger charge is -2.15. The molecule has 4 aromatic rings. The number of anilines is 1. The van der Waals surface area contributed by atoms with Crippen LogP contribution in [0.15, 0.2) is 69.3 Å². The summed E-state index contributed by atoms with van der Waals surface area (Å²) in [4.78, 5) is 38.6. The summed E-state index contributed by atoms with van der Waals surface area (Å²) in [6.45, 7) is 1.32. The van der Waals surface area contributed by atoms with Gasteiger partial charge in [0.05, 0.1) is 22.8 Å². The average Bonchev–Trinajstić information content (AvgIpc) is 3.31. The number of nitrogens with two attached hydrogens (primary N) is 1. The molecule has 0 unspecified atom stereocenters. The molecule has 1 aliphatic rings. The number of hydrogen-bond acceptors (Lipinski definition) is 10. The van der Waals surface area contributed by atoms with Crippen molar-refractivity contribution in [3.63, 3.8) is 0 Å². The number of hydrogen-bond donors (Lipinski definition) is 1. The molecule has 0 atom stereocenters. The molecule has 0 bridgehead atoms. The molecule has 226 valence electrons. The number of para-hydroxylation sites is 1. The zero-order chi connectivity index (χ0) is 31.1. The van der Waals surface area contributed by atoms with Crippen molar-refractivity contribution in [2.24, 2.45) is 4.99 Å². The van der Waals surface area contributed by atoms with Gasteiger partial charge in [-0.25, -0.2) is 14.1 Å². The van der Waals surface area contributed by atoms with Gasteiger partial charge >= 0.3 is 10.8 Å². The van der Waals surface area contributed by atoms with E-state index < -0.39 is 16.7 Å². The van der Waals surface area contributed by atoms with E-state index in [1.165, 1.54) is 25.3 Å². The van der Waals surface area contributed by atoms with Crippen LogP contribution in [0, 0.1) is 15.9 Å². The molecule has 1 aromatic heterocycles. The Hall–Kier alpha value is -3.85. The van der Waals surface area contributed by atoms with Crippen molar-refractivity contribution in [3.05, 3.63) is 95.0 Å². The first-order valence-corrected chi connectivity index (χ1v) is 15.1. The Morgan fingerprint density at radius 2 is 1.86 bits per heavy atom. The fourth-order valence-corrected chi connectivity index (χ4v) is 6.03. The van der Waals surface area contributed by atoms with Gasteiger partial charge in [0.1, 0.15) is 33.7 Å². The van der Waals surface area contributed by atoms with E-state index in [9.17, 15) is 24.1 Å². The smallest absolute Gasteiger partial charge is 0.325 e. The molecule has 0 fully saturated rings. The van der Waals surface area contributed by atoms with Crippen LogP contribution in [0.25, 0.3) is 0 Å². The van der Waals surface area contributed by atoms with Crippen molar-refractivity contribution in [1.29, 1.82) is 0 Å². The van der Waals surface area contributed by atoms with Crippen LogP contribution in [0.3, 0.4) is 0 Å². The molecule has 3 aromatic carbocycles. The zero-order valence-corrected chi connectivity index (χ0v) is 25.6. The van der Waals surface area contributed by atoms with Crippen molar-refractivity contribution in [2.75, 3.05) is 18.6 Å². The van der Waals surface area contributed by atoms with Crippen molar-refractivity contribution in [1.82, 2.24) is 9.36 Å². The maximum absolute atomic E-state index is 14.3. The molecule has 0 amide bonds. The third-order valence-electron chi connectivity index (χ3n) is 5.97. The van der Waals surface area contributed by atoms with E-state index in [1.807, 2.05) is 6.07 Å². The minimum Gasteiger partial charge on any atom is -0.468 e. The summed E-state index contributed by atoms with van der Waals surface area (Å²) in [7, 11) is 1.30. The van der Waals surface area contributed by atoms with Crippen LogP contribution in [0.2, 0.25) is 10.0 Å². The summed E-state index contributed by atoms with van der Waals surface area (Å²) in [5, 5.41) is 10.9. The summed E-state index contributed by atoms with van der Waals surface area (Å²) in [5.74, 6) is -0.0634. The number of nitro benzene ring substituents is 1. The number of nitrogens with zero attached hydrogens (tertiary/aromatic N) is 4. The molecule has 2 heterocycles. The SMILES string of the molecule is COC(=O)CSc1cc(/N=c2\sc(=O)n3n2CCCC3)c(F)cc1Cl.Nc1c([N+](=O)[O-])ccc(Oc2ccccc2)c1Cl. The van der Waals surface area contributed by atoms with Crippen LogP contribution in [0.1, 0.15) is 12.8 Å². The number of fused-ring (bicyclic) bond motifs is 1. The molecular formula is C27H24Cl2FN5O6S2. The third kappa shape index (κ3) is 7.96.